The van der Waals surface area contributed by atoms with Crippen LogP contribution in [0.1, 0.15) is 91.9 Å². The van der Waals surface area contributed by atoms with E-state index in [-0.39, 0.29) is 54.7 Å². The predicted octanol–water partition coefficient (Wildman–Crippen LogP) is -2.02. The summed E-state index contributed by atoms with van der Waals surface area (Å²) in [6.45, 7) is 7.50. The molecule has 0 spiro atoms. The molecule has 0 aromatic heterocycles. The molecule has 416 valence electrons. The number of methoxy groups -OCH3 is 1. The van der Waals surface area contributed by atoms with E-state index in [1.165, 1.54) is 0 Å². The number of rotatable bonds is 15. The van der Waals surface area contributed by atoms with Crippen molar-refractivity contribution in [3.05, 3.63) is 0 Å². The van der Waals surface area contributed by atoms with Gasteiger partial charge in [-0.05, 0) is 104 Å². The van der Waals surface area contributed by atoms with E-state index in [0.717, 1.165) is 38.5 Å². The first kappa shape index (κ1) is 55.9. The highest BCUT2D eigenvalue weighted by Gasteiger charge is 2.69. The average molecular weight is 1040 g/mol. The van der Waals surface area contributed by atoms with Crippen molar-refractivity contribution in [3.63, 3.8) is 0 Å². The van der Waals surface area contributed by atoms with Gasteiger partial charge in [-0.2, -0.15) is 0 Å². The molecular weight excluding hydrogens is 953 g/mol. The second-order valence-electron chi connectivity index (χ2n) is 23.5. The van der Waals surface area contributed by atoms with Gasteiger partial charge < -0.3 is 109 Å². The Hall–Kier alpha value is -0.880. The van der Waals surface area contributed by atoms with E-state index in [1.54, 1.807) is 7.11 Å². The highest BCUT2D eigenvalue weighted by Crippen LogP contribution is 2.71. The number of hydrogen-bond acceptors (Lipinski definition) is 22. The van der Waals surface area contributed by atoms with Gasteiger partial charge in [-0.15, -0.1) is 0 Å². The lowest BCUT2D eigenvalue weighted by atomic mass is 9.44. The van der Waals surface area contributed by atoms with Crippen LogP contribution in [-0.4, -0.2) is 230 Å². The Balaban J connectivity index is 0.829. The van der Waals surface area contributed by atoms with Crippen LogP contribution in [-0.2, 0) is 47.4 Å². The van der Waals surface area contributed by atoms with Crippen LogP contribution in [0.4, 0.5) is 0 Å². The Morgan fingerprint density at radius 1 is 0.611 bits per heavy atom. The van der Waals surface area contributed by atoms with Crippen molar-refractivity contribution in [2.24, 2.45) is 52.3 Å². The molecular formula is C50H84O22. The summed E-state index contributed by atoms with van der Waals surface area (Å²) >= 11 is 0. The molecule has 4 aliphatic carbocycles. The summed E-state index contributed by atoms with van der Waals surface area (Å²) in [5, 5.41) is 125. The molecule has 9 fully saturated rings. The van der Waals surface area contributed by atoms with Crippen LogP contribution in [0.25, 0.3) is 0 Å². The first-order chi connectivity index (χ1) is 34.2. The van der Waals surface area contributed by atoms with Crippen LogP contribution < -0.4 is 0 Å². The largest absolute Gasteiger partial charge is 0.394 e. The van der Waals surface area contributed by atoms with Crippen LogP contribution >= 0.6 is 0 Å². The highest BCUT2D eigenvalue weighted by atomic mass is 16.8. The van der Waals surface area contributed by atoms with Crippen molar-refractivity contribution in [1.29, 1.82) is 0 Å². The zero-order chi connectivity index (χ0) is 51.8. The zero-order valence-electron chi connectivity index (χ0n) is 42.1. The zero-order valence-corrected chi connectivity index (χ0v) is 42.1. The van der Waals surface area contributed by atoms with Gasteiger partial charge in [0.05, 0.1) is 45.2 Å². The molecule has 0 radical (unpaired) electrons. The van der Waals surface area contributed by atoms with E-state index >= 15 is 0 Å². The number of aliphatic hydroxyl groups is 12. The second-order valence-corrected chi connectivity index (χ2v) is 23.5. The summed E-state index contributed by atoms with van der Waals surface area (Å²) < 4.78 is 60.9. The minimum Gasteiger partial charge on any atom is -0.394 e. The first-order valence-corrected chi connectivity index (χ1v) is 26.6. The molecule has 5 saturated heterocycles. The van der Waals surface area contributed by atoms with Gasteiger partial charge in [0.1, 0.15) is 85.5 Å². The molecule has 9 aliphatic rings. The molecule has 0 aromatic rings. The predicted molar refractivity (Wildman–Crippen MR) is 244 cm³/mol. The van der Waals surface area contributed by atoms with Crippen molar-refractivity contribution >= 4 is 0 Å². The Morgan fingerprint density at radius 3 is 1.86 bits per heavy atom. The summed E-state index contributed by atoms with van der Waals surface area (Å²) in [7, 11) is 1.73. The maximum atomic E-state index is 11.9. The van der Waals surface area contributed by atoms with E-state index in [2.05, 4.69) is 20.8 Å². The third kappa shape index (κ3) is 10.00. The van der Waals surface area contributed by atoms with Crippen LogP contribution in [0.3, 0.4) is 0 Å². The second kappa shape index (κ2) is 22.1. The standard InChI is InChI=1S/C50H84O22/c1-21(18-64-44-40(61)37(58)36(57)31(16-51)68-44)8-13-50(63-5)22(2)33-30(72-50)15-27-25-7-6-23-14-24(9-11-48(23,3)26(25)10-12-49(27,33)4)67-47-43(71-46-39(60)35(56)29(54)20-66-46)41(62)42(32(17-52)69-47)70-45-38(59)34(55)28(53)19-65-45/h21-47,51-62H,6-20H2,1-5H3/t21?,22-,23+,24-,25+,26-,27-,28+,29+,30-,31+,32+,33-,34-,35-,36+,37-,38+,39+,40+,41-,42+,43+,44+,45-,46-,47+,48-,49-,50+/m0/s1. The Labute approximate surface area is 420 Å². The lowest BCUT2D eigenvalue weighted by Crippen LogP contribution is -2.66. The summed E-state index contributed by atoms with van der Waals surface area (Å²) in [5.41, 5.74) is 0.0850. The molecule has 1 unspecified atom stereocenters. The molecule has 12 N–H and O–H groups in total. The molecule has 4 saturated carbocycles. The SMILES string of the molecule is CO[C@]1(CCC(C)CO[C@@H]2O[C@H](CO)[C@@H](O)[C@H](O)[C@H]2O)O[C@H]2C[C@H]3[C@@H]4CC[C@@H]5C[C@@H](O[C@@H]6O[C@H](CO)[C@@H](O[C@@H]7OC[C@@H](O)[C@H](O)[C@H]7O)[C@H](O)[C@H]6O[C@@H]6OC[C@@H](O)[C@H](O)[C@H]6O)CC[C@]5(C)[C@H]4CC[C@]3(C)[C@H]2[C@@H]1C. The number of aliphatic hydroxyl groups excluding tert-OH is 12. The maximum Gasteiger partial charge on any atom is 0.187 e. The van der Waals surface area contributed by atoms with Gasteiger partial charge in [-0.1, -0.05) is 27.7 Å². The number of hydrogen-bond donors (Lipinski definition) is 12. The minimum absolute atomic E-state index is 0.0129. The quantitative estimate of drug-likeness (QED) is 0.0788. The van der Waals surface area contributed by atoms with E-state index < -0.39 is 130 Å². The molecule has 22 heteroatoms. The summed E-state index contributed by atoms with van der Waals surface area (Å²) in [4.78, 5) is 0. The summed E-state index contributed by atoms with van der Waals surface area (Å²) in [6, 6.07) is 0. The van der Waals surface area contributed by atoms with Crippen LogP contribution in [0.5, 0.6) is 0 Å². The minimum atomic E-state index is -1.71. The molecule has 22 nitrogen and oxygen atoms in total. The van der Waals surface area contributed by atoms with Gasteiger partial charge in [-0.3, -0.25) is 0 Å². The van der Waals surface area contributed by atoms with Gasteiger partial charge in [-0.25, -0.2) is 0 Å². The molecule has 30 atom stereocenters. The van der Waals surface area contributed by atoms with Gasteiger partial charge in [0.15, 0.2) is 30.9 Å². The molecule has 0 amide bonds. The van der Waals surface area contributed by atoms with Gasteiger partial charge >= 0.3 is 0 Å². The van der Waals surface area contributed by atoms with E-state index in [9.17, 15) is 61.3 Å². The monoisotopic (exact) mass is 1040 g/mol. The Kier molecular flexibility index (Phi) is 17.1. The van der Waals surface area contributed by atoms with Crippen LogP contribution in [0.15, 0.2) is 0 Å². The fraction of sp³-hybridized carbons (Fsp3) is 1.00. The van der Waals surface area contributed by atoms with Crippen molar-refractivity contribution in [2.75, 3.05) is 40.1 Å². The third-order valence-corrected chi connectivity index (χ3v) is 19.6. The Bertz CT molecular complexity index is 1790. The molecule has 72 heavy (non-hydrogen) atoms. The fourth-order valence-electron chi connectivity index (χ4n) is 15.4. The van der Waals surface area contributed by atoms with Crippen molar-refractivity contribution < 1.29 is 109 Å². The Morgan fingerprint density at radius 2 is 1.22 bits per heavy atom. The first-order valence-electron chi connectivity index (χ1n) is 26.6. The lowest BCUT2D eigenvalue weighted by molar-refractivity contribution is -0.382. The highest BCUT2D eigenvalue weighted by molar-refractivity contribution is 5.15. The summed E-state index contributed by atoms with van der Waals surface area (Å²) in [5.74, 6) is 1.47. The van der Waals surface area contributed by atoms with Crippen LogP contribution in [0, 0.1) is 52.3 Å². The molecule has 9 rings (SSSR count). The summed E-state index contributed by atoms with van der Waals surface area (Å²) in [6.07, 6.45) is -17.7. The van der Waals surface area contributed by atoms with Crippen molar-refractivity contribution in [2.45, 2.75) is 221 Å². The van der Waals surface area contributed by atoms with Gasteiger partial charge in [0, 0.05) is 19.4 Å². The third-order valence-electron chi connectivity index (χ3n) is 19.6. The molecule has 5 heterocycles. The van der Waals surface area contributed by atoms with E-state index in [4.69, 9.17) is 47.4 Å². The molecule has 0 bridgehead atoms. The van der Waals surface area contributed by atoms with E-state index in [1.807, 2.05) is 6.92 Å². The maximum absolute atomic E-state index is 11.9. The lowest BCUT2D eigenvalue weighted by Gasteiger charge is -2.61. The van der Waals surface area contributed by atoms with E-state index in [0.29, 0.717) is 55.3 Å². The van der Waals surface area contributed by atoms with Crippen LogP contribution in [0.2, 0.25) is 0 Å². The van der Waals surface area contributed by atoms with Crippen molar-refractivity contribution in [3.8, 4) is 0 Å². The van der Waals surface area contributed by atoms with Crippen molar-refractivity contribution in [1.82, 2.24) is 0 Å². The topological polar surface area (TPSA) is 335 Å². The van der Waals surface area contributed by atoms with Gasteiger partial charge in [0.2, 0.25) is 0 Å². The normalized spacial score (nSPS) is 55.1. The number of ether oxygens (including phenoxy) is 10. The average Bonchev–Trinajstić information content (AvgIpc) is 3.83. The molecule has 5 aliphatic heterocycles. The smallest absolute Gasteiger partial charge is 0.187 e. The van der Waals surface area contributed by atoms with Gasteiger partial charge in [0.25, 0.3) is 0 Å². The molecule has 0 aromatic carbocycles. The fourth-order valence-corrected chi connectivity index (χ4v) is 15.4. The number of fused-ring (bicyclic) bond motifs is 7.